The minimum absolute atomic E-state index is 0.0000491. The lowest BCUT2D eigenvalue weighted by molar-refractivity contribution is 0.102. The first-order chi connectivity index (χ1) is 11.0. The second kappa shape index (κ2) is 5.68. The van der Waals surface area contributed by atoms with Crippen molar-refractivity contribution in [2.24, 2.45) is 0 Å². The highest BCUT2D eigenvalue weighted by Crippen LogP contribution is 2.14. The minimum Gasteiger partial charge on any atom is -0.306 e. The molecule has 7 heteroatoms. The molecule has 0 spiro atoms. The van der Waals surface area contributed by atoms with E-state index in [0.29, 0.717) is 18.0 Å². The molecule has 0 saturated carbocycles. The first-order valence-electron chi connectivity index (χ1n) is 7.34. The molecular formula is C16H17N5O2. The molecule has 3 rings (SSSR count). The predicted octanol–water partition coefficient (Wildman–Crippen LogP) is 1.78. The van der Waals surface area contributed by atoms with Gasteiger partial charge < -0.3 is 5.32 Å². The number of aromatic nitrogens is 4. The third-order valence-electron chi connectivity index (χ3n) is 3.72. The van der Waals surface area contributed by atoms with E-state index in [1.165, 1.54) is 10.6 Å². The zero-order valence-corrected chi connectivity index (χ0v) is 13.2. The molecule has 0 bridgehead atoms. The van der Waals surface area contributed by atoms with E-state index in [4.69, 9.17) is 0 Å². The van der Waals surface area contributed by atoms with Crippen LogP contribution in [0.2, 0.25) is 0 Å². The highest BCUT2D eigenvalue weighted by molar-refractivity contribution is 6.03. The summed E-state index contributed by atoms with van der Waals surface area (Å²) in [6.07, 6.45) is 2.99. The van der Waals surface area contributed by atoms with Gasteiger partial charge in [0.1, 0.15) is 17.0 Å². The molecular weight excluding hydrogens is 294 g/mol. The van der Waals surface area contributed by atoms with Gasteiger partial charge in [0.05, 0.1) is 6.20 Å². The van der Waals surface area contributed by atoms with Gasteiger partial charge in [0.25, 0.3) is 11.5 Å². The Bertz CT molecular complexity index is 955. The third-order valence-corrected chi connectivity index (χ3v) is 3.72. The molecule has 0 atom stereocenters. The number of carbonyl (C=O) groups is 1. The Morgan fingerprint density at radius 3 is 2.78 bits per heavy atom. The largest absolute Gasteiger partial charge is 0.306 e. The first-order valence-corrected chi connectivity index (χ1v) is 7.34. The average molecular weight is 311 g/mol. The molecule has 0 aliphatic rings. The van der Waals surface area contributed by atoms with E-state index in [0.717, 1.165) is 11.3 Å². The van der Waals surface area contributed by atoms with E-state index in [1.54, 1.807) is 29.9 Å². The van der Waals surface area contributed by atoms with Crippen molar-refractivity contribution in [1.29, 1.82) is 0 Å². The maximum absolute atomic E-state index is 12.6. The topological polar surface area (TPSA) is 81.3 Å². The summed E-state index contributed by atoms with van der Waals surface area (Å²) in [6.45, 7) is 6.20. The van der Waals surface area contributed by atoms with E-state index in [2.05, 4.69) is 15.4 Å². The van der Waals surface area contributed by atoms with Gasteiger partial charge in [0.15, 0.2) is 0 Å². The van der Waals surface area contributed by atoms with Crippen molar-refractivity contribution in [3.05, 3.63) is 57.8 Å². The van der Waals surface area contributed by atoms with Gasteiger partial charge in [-0.05, 0) is 32.9 Å². The number of nitrogens with zero attached hydrogens (tertiary/aromatic N) is 4. The van der Waals surface area contributed by atoms with Crippen molar-refractivity contribution < 1.29 is 4.79 Å². The SMILES string of the molecule is CCn1ncc(C)c1NC(=O)c1cnc2cccc(C)n2c1=O. The fourth-order valence-electron chi connectivity index (χ4n) is 2.49. The fraction of sp³-hybridized carbons (Fsp3) is 0.250. The van der Waals surface area contributed by atoms with Gasteiger partial charge in [-0.1, -0.05) is 6.07 Å². The summed E-state index contributed by atoms with van der Waals surface area (Å²) in [7, 11) is 0. The number of nitrogens with one attached hydrogen (secondary N) is 1. The van der Waals surface area contributed by atoms with E-state index in [1.807, 2.05) is 19.9 Å². The maximum atomic E-state index is 12.6. The second-order valence-electron chi connectivity index (χ2n) is 5.28. The Balaban J connectivity index is 2.05. The van der Waals surface area contributed by atoms with Crippen LogP contribution in [0.5, 0.6) is 0 Å². The Hall–Kier alpha value is -2.96. The number of fused-ring (bicyclic) bond motifs is 1. The quantitative estimate of drug-likeness (QED) is 0.799. The van der Waals surface area contributed by atoms with Crippen LogP contribution in [0.4, 0.5) is 5.82 Å². The summed E-state index contributed by atoms with van der Waals surface area (Å²) >= 11 is 0. The number of hydrogen-bond donors (Lipinski definition) is 1. The molecule has 0 unspecified atom stereocenters. The van der Waals surface area contributed by atoms with Crippen LogP contribution in [0.15, 0.2) is 35.4 Å². The van der Waals surface area contributed by atoms with Crippen LogP contribution in [0.25, 0.3) is 5.65 Å². The molecule has 0 aliphatic carbocycles. The Morgan fingerprint density at radius 1 is 1.26 bits per heavy atom. The van der Waals surface area contributed by atoms with Crippen LogP contribution >= 0.6 is 0 Å². The van der Waals surface area contributed by atoms with Gasteiger partial charge in [-0.25, -0.2) is 9.67 Å². The van der Waals surface area contributed by atoms with E-state index < -0.39 is 5.91 Å². The third kappa shape index (κ3) is 2.50. The standard InChI is InChI=1S/C16H17N5O2/c1-4-20-14(10(2)8-18-20)19-15(22)12-9-17-13-7-5-6-11(3)21(13)16(12)23/h5-9H,4H2,1-3H3,(H,19,22). The summed E-state index contributed by atoms with van der Waals surface area (Å²) in [4.78, 5) is 29.3. The Morgan fingerprint density at radius 2 is 2.04 bits per heavy atom. The summed E-state index contributed by atoms with van der Waals surface area (Å²) in [5.41, 5.74) is 1.70. The monoisotopic (exact) mass is 311 g/mol. The minimum atomic E-state index is -0.488. The molecule has 1 N–H and O–H groups in total. The number of pyridine rings is 1. The molecule has 0 aromatic carbocycles. The van der Waals surface area contributed by atoms with E-state index in [-0.39, 0.29) is 11.1 Å². The smallest absolute Gasteiger partial charge is 0.270 e. The van der Waals surface area contributed by atoms with Crippen molar-refractivity contribution in [2.45, 2.75) is 27.3 Å². The Kier molecular flexibility index (Phi) is 3.69. The van der Waals surface area contributed by atoms with Crippen LogP contribution in [-0.2, 0) is 6.54 Å². The van der Waals surface area contributed by atoms with Crippen LogP contribution in [-0.4, -0.2) is 25.1 Å². The van der Waals surface area contributed by atoms with E-state index >= 15 is 0 Å². The van der Waals surface area contributed by atoms with Crippen LogP contribution in [0.3, 0.4) is 0 Å². The number of rotatable bonds is 3. The van der Waals surface area contributed by atoms with Crippen molar-refractivity contribution in [3.8, 4) is 0 Å². The number of hydrogen-bond acceptors (Lipinski definition) is 4. The molecule has 0 fully saturated rings. The van der Waals surface area contributed by atoms with Crippen LogP contribution < -0.4 is 10.9 Å². The highest BCUT2D eigenvalue weighted by Gasteiger charge is 2.17. The number of anilines is 1. The lowest BCUT2D eigenvalue weighted by Crippen LogP contribution is -2.28. The molecule has 7 nitrogen and oxygen atoms in total. The summed E-state index contributed by atoms with van der Waals surface area (Å²) in [5, 5.41) is 6.93. The van der Waals surface area contributed by atoms with Gasteiger partial charge in [0.2, 0.25) is 0 Å². The van der Waals surface area contributed by atoms with Crippen molar-refractivity contribution in [3.63, 3.8) is 0 Å². The van der Waals surface area contributed by atoms with Crippen LogP contribution in [0.1, 0.15) is 28.5 Å². The number of aryl methyl sites for hydroxylation is 3. The fourth-order valence-corrected chi connectivity index (χ4v) is 2.49. The molecule has 118 valence electrons. The molecule has 3 heterocycles. The zero-order chi connectivity index (χ0) is 16.6. The summed E-state index contributed by atoms with van der Waals surface area (Å²) < 4.78 is 3.10. The molecule has 3 aromatic rings. The van der Waals surface area contributed by atoms with Crippen molar-refractivity contribution in [2.75, 3.05) is 5.32 Å². The molecule has 0 radical (unpaired) electrons. The highest BCUT2D eigenvalue weighted by atomic mass is 16.2. The van der Waals surface area contributed by atoms with Gasteiger partial charge in [0, 0.05) is 24.0 Å². The van der Waals surface area contributed by atoms with Gasteiger partial charge >= 0.3 is 0 Å². The zero-order valence-electron chi connectivity index (χ0n) is 13.2. The number of amides is 1. The number of carbonyl (C=O) groups excluding carboxylic acids is 1. The lowest BCUT2D eigenvalue weighted by atomic mass is 10.2. The van der Waals surface area contributed by atoms with Crippen molar-refractivity contribution >= 4 is 17.4 Å². The van der Waals surface area contributed by atoms with Crippen molar-refractivity contribution in [1.82, 2.24) is 19.2 Å². The summed E-state index contributed by atoms with van der Waals surface area (Å²) in [5.74, 6) is 0.102. The maximum Gasteiger partial charge on any atom is 0.270 e. The molecule has 0 saturated heterocycles. The predicted molar refractivity (Wildman–Crippen MR) is 86.8 cm³/mol. The molecule has 23 heavy (non-hydrogen) atoms. The molecule has 0 aliphatic heterocycles. The molecule has 3 aromatic heterocycles. The van der Waals surface area contributed by atoms with Crippen LogP contribution in [0, 0.1) is 13.8 Å². The average Bonchev–Trinajstić information content (AvgIpc) is 2.88. The normalized spacial score (nSPS) is 10.9. The lowest BCUT2D eigenvalue weighted by Gasteiger charge is -2.09. The van der Waals surface area contributed by atoms with Gasteiger partial charge in [-0.2, -0.15) is 5.10 Å². The second-order valence-corrected chi connectivity index (χ2v) is 5.28. The summed E-state index contributed by atoms with van der Waals surface area (Å²) in [6, 6.07) is 5.35. The van der Waals surface area contributed by atoms with Gasteiger partial charge in [-0.3, -0.25) is 14.0 Å². The van der Waals surface area contributed by atoms with Gasteiger partial charge in [-0.15, -0.1) is 0 Å². The Labute approximate surface area is 132 Å². The first kappa shape index (κ1) is 15.0. The van der Waals surface area contributed by atoms with E-state index in [9.17, 15) is 9.59 Å². The molecule has 1 amide bonds.